The third-order valence-electron chi connectivity index (χ3n) is 4.95. The molecule has 146 valence electrons. The molecule has 0 saturated heterocycles. The number of hydrogen-bond donors (Lipinski definition) is 1. The summed E-state index contributed by atoms with van der Waals surface area (Å²) in [7, 11) is 0. The van der Waals surface area contributed by atoms with Gasteiger partial charge in [0.15, 0.2) is 0 Å². The van der Waals surface area contributed by atoms with Crippen LogP contribution in [0.1, 0.15) is 43.1 Å². The van der Waals surface area contributed by atoms with Gasteiger partial charge in [-0.25, -0.2) is 0 Å². The SMILES string of the molecule is CCOc1cc2c(cc1NC(=O)c1ccc(N3CCC(C)=N3)cc1)OC(C)C2. The molecule has 1 unspecified atom stereocenters. The Hall–Kier alpha value is -3.02. The molecule has 1 amide bonds. The molecule has 28 heavy (non-hydrogen) atoms. The number of benzene rings is 2. The van der Waals surface area contributed by atoms with Crippen LogP contribution in [0.2, 0.25) is 0 Å². The predicted octanol–water partition coefficient (Wildman–Crippen LogP) is 4.25. The largest absolute Gasteiger partial charge is 0.492 e. The minimum Gasteiger partial charge on any atom is -0.492 e. The first-order valence-corrected chi connectivity index (χ1v) is 9.73. The highest BCUT2D eigenvalue weighted by Crippen LogP contribution is 2.38. The highest BCUT2D eigenvalue weighted by atomic mass is 16.5. The normalized spacial score (nSPS) is 17.8. The summed E-state index contributed by atoms with van der Waals surface area (Å²) in [6.07, 6.45) is 1.96. The van der Waals surface area contributed by atoms with Crippen molar-refractivity contribution in [2.45, 2.75) is 39.7 Å². The van der Waals surface area contributed by atoms with E-state index < -0.39 is 0 Å². The molecule has 0 fully saturated rings. The van der Waals surface area contributed by atoms with Crippen molar-refractivity contribution in [3.8, 4) is 11.5 Å². The number of rotatable bonds is 5. The Bertz CT molecular complexity index is 921. The average molecular weight is 379 g/mol. The minimum absolute atomic E-state index is 0.139. The van der Waals surface area contributed by atoms with Gasteiger partial charge in [0.1, 0.15) is 17.6 Å². The maximum absolute atomic E-state index is 12.8. The smallest absolute Gasteiger partial charge is 0.255 e. The van der Waals surface area contributed by atoms with Gasteiger partial charge in [0, 0.05) is 42.3 Å². The Morgan fingerprint density at radius 1 is 1.32 bits per heavy atom. The Balaban J connectivity index is 1.52. The molecule has 6 heteroatoms. The number of ether oxygens (including phenoxy) is 2. The van der Waals surface area contributed by atoms with Gasteiger partial charge in [-0.05, 0) is 51.1 Å². The second-order valence-electron chi connectivity index (χ2n) is 7.23. The van der Waals surface area contributed by atoms with Crippen LogP contribution in [0.4, 0.5) is 11.4 Å². The molecule has 0 spiro atoms. The van der Waals surface area contributed by atoms with Crippen LogP contribution in [0, 0.1) is 0 Å². The predicted molar refractivity (Wildman–Crippen MR) is 111 cm³/mol. The maximum atomic E-state index is 12.8. The first kappa shape index (κ1) is 18.3. The van der Waals surface area contributed by atoms with E-state index in [0.717, 1.165) is 42.1 Å². The molecule has 2 aromatic carbocycles. The van der Waals surface area contributed by atoms with E-state index in [4.69, 9.17) is 9.47 Å². The molecular formula is C22H25N3O3. The average Bonchev–Trinajstić information content (AvgIpc) is 3.26. The van der Waals surface area contributed by atoms with Gasteiger partial charge in [-0.2, -0.15) is 5.10 Å². The molecule has 1 atom stereocenters. The lowest BCUT2D eigenvalue weighted by molar-refractivity contribution is 0.102. The molecule has 6 nitrogen and oxygen atoms in total. The topological polar surface area (TPSA) is 63.2 Å². The third kappa shape index (κ3) is 3.67. The molecule has 0 aromatic heterocycles. The molecule has 2 aliphatic rings. The summed E-state index contributed by atoms with van der Waals surface area (Å²) in [6, 6.07) is 11.3. The number of carbonyl (C=O) groups is 1. The lowest BCUT2D eigenvalue weighted by atomic mass is 10.1. The first-order valence-electron chi connectivity index (χ1n) is 9.73. The first-order chi connectivity index (χ1) is 13.5. The van der Waals surface area contributed by atoms with Crippen molar-refractivity contribution in [3.63, 3.8) is 0 Å². The van der Waals surface area contributed by atoms with E-state index in [0.29, 0.717) is 23.6 Å². The fraction of sp³-hybridized carbons (Fsp3) is 0.364. The number of carbonyl (C=O) groups excluding carboxylic acids is 1. The Morgan fingerprint density at radius 2 is 2.11 bits per heavy atom. The van der Waals surface area contributed by atoms with Gasteiger partial charge in [0.2, 0.25) is 0 Å². The van der Waals surface area contributed by atoms with Crippen molar-refractivity contribution in [2.75, 3.05) is 23.5 Å². The van der Waals surface area contributed by atoms with E-state index in [-0.39, 0.29) is 12.0 Å². The van der Waals surface area contributed by atoms with Crippen molar-refractivity contribution >= 4 is 23.0 Å². The van der Waals surface area contributed by atoms with Gasteiger partial charge in [-0.3, -0.25) is 9.80 Å². The van der Waals surface area contributed by atoms with Crippen LogP contribution in [0.15, 0.2) is 41.5 Å². The number of nitrogens with zero attached hydrogens (tertiary/aromatic N) is 2. The molecule has 0 saturated carbocycles. The number of fused-ring (bicyclic) bond motifs is 1. The Morgan fingerprint density at radius 3 is 2.79 bits per heavy atom. The quantitative estimate of drug-likeness (QED) is 0.844. The summed E-state index contributed by atoms with van der Waals surface area (Å²) in [5, 5.41) is 9.42. The molecular weight excluding hydrogens is 354 g/mol. The maximum Gasteiger partial charge on any atom is 0.255 e. The molecule has 1 N–H and O–H groups in total. The van der Waals surface area contributed by atoms with Crippen molar-refractivity contribution in [2.24, 2.45) is 5.10 Å². The van der Waals surface area contributed by atoms with Gasteiger partial charge in [0.25, 0.3) is 5.91 Å². The lowest BCUT2D eigenvalue weighted by Crippen LogP contribution is -2.15. The summed E-state index contributed by atoms with van der Waals surface area (Å²) in [5.74, 6) is 1.30. The van der Waals surface area contributed by atoms with Gasteiger partial charge in [-0.1, -0.05) is 0 Å². The Kier molecular flexibility index (Phi) is 4.94. The highest BCUT2D eigenvalue weighted by Gasteiger charge is 2.23. The van der Waals surface area contributed by atoms with E-state index in [1.807, 2.05) is 62.2 Å². The summed E-state index contributed by atoms with van der Waals surface area (Å²) >= 11 is 0. The lowest BCUT2D eigenvalue weighted by Gasteiger charge is -2.15. The molecule has 0 bridgehead atoms. The molecule has 0 aliphatic carbocycles. The van der Waals surface area contributed by atoms with Crippen LogP contribution in [-0.2, 0) is 6.42 Å². The fourth-order valence-electron chi connectivity index (χ4n) is 3.55. The van der Waals surface area contributed by atoms with Crippen LogP contribution >= 0.6 is 0 Å². The van der Waals surface area contributed by atoms with Crippen LogP contribution in [0.5, 0.6) is 11.5 Å². The van der Waals surface area contributed by atoms with E-state index in [1.165, 1.54) is 0 Å². The number of hydrazone groups is 1. The van der Waals surface area contributed by atoms with Gasteiger partial charge in [-0.15, -0.1) is 0 Å². The van der Waals surface area contributed by atoms with Gasteiger partial charge in [0.05, 0.1) is 18.0 Å². The van der Waals surface area contributed by atoms with E-state index in [2.05, 4.69) is 10.4 Å². The van der Waals surface area contributed by atoms with Gasteiger partial charge >= 0.3 is 0 Å². The second kappa shape index (κ2) is 7.54. The van der Waals surface area contributed by atoms with E-state index in [1.54, 1.807) is 0 Å². The molecule has 2 heterocycles. The zero-order valence-corrected chi connectivity index (χ0v) is 16.5. The van der Waals surface area contributed by atoms with Crippen molar-refractivity contribution in [3.05, 3.63) is 47.5 Å². The highest BCUT2D eigenvalue weighted by molar-refractivity contribution is 6.05. The summed E-state index contributed by atoms with van der Waals surface area (Å²) < 4.78 is 11.6. The van der Waals surface area contributed by atoms with Crippen molar-refractivity contribution < 1.29 is 14.3 Å². The molecule has 2 aromatic rings. The van der Waals surface area contributed by atoms with E-state index in [9.17, 15) is 4.79 Å². The molecule has 0 radical (unpaired) electrons. The third-order valence-corrected chi connectivity index (χ3v) is 4.95. The molecule has 4 rings (SSSR count). The fourth-order valence-corrected chi connectivity index (χ4v) is 3.55. The van der Waals surface area contributed by atoms with Crippen LogP contribution < -0.4 is 19.8 Å². The van der Waals surface area contributed by atoms with Crippen LogP contribution in [0.25, 0.3) is 0 Å². The Labute approximate surface area is 165 Å². The van der Waals surface area contributed by atoms with E-state index >= 15 is 0 Å². The number of amides is 1. The number of nitrogens with one attached hydrogen (secondary N) is 1. The zero-order valence-electron chi connectivity index (χ0n) is 16.5. The minimum atomic E-state index is -0.181. The van der Waals surface area contributed by atoms with Crippen LogP contribution in [-0.4, -0.2) is 30.9 Å². The van der Waals surface area contributed by atoms with Crippen molar-refractivity contribution in [1.82, 2.24) is 0 Å². The number of anilines is 2. The second-order valence-corrected chi connectivity index (χ2v) is 7.23. The van der Waals surface area contributed by atoms with Crippen molar-refractivity contribution in [1.29, 1.82) is 0 Å². The number of hydrogen-bond acceptors (Lipinski definition) is 5. The van der Waals surface area contributed by atoms with Gasteiger partial charge < -0.3 is 14.8 Å². The monoisotopic (exact) mass is 379 g/mol. The molecule has 2 aliphatic heterocycles. The standard InChI is InChI=1S/C22H25N3O3/c1-4-27-21-12-17-11-15(3)28-20(17)13-19(21)23-22(26)16-5-7-18(8-6-16)25-10-9-14(2)24-25/h5-8,12-13,15H,4,9-11H2,1-3H3,(H,23,26). The summed E-state index contributed by atoms with van der Waals surface area (Å²) in [4.78, 5) is 12.8. The zero-order chi connectivity index (χ0) is 19.7. The summed E-state index contributed by atoms with van der Waals surface area (Å²) in [5.41, 5.74) is 4.44. The summed E-state index contributed by atoms with van der Waals surface area (Å²) in [6.45, 7) is 7.40. The van der Waals surface area contributed by atoms with Crippen LogP contribution in [0.3, 0.4) is 0 Å².